The quantitative estimate of drug-likeness (QED) is 0.621. The Balaban J connectivity index is 1.85. The number of aromatic nitrogens is 2. The van der Waals surface area contributed by atoms with Gasteiger partial charge in [0.2, 0.25) is 12.3 Å². The molecule has 6 nitrogen and oxygen atoms in total. The van der Waals surface area contributed by atoms with Gasteiger partial charge in [-0.2, -0.15) is 0 Å². The fraction of sp³-hybridized carbons (Fsp3) is 0.273. The summed E-state index contributed by atoms with van der Waals surface area (Å²) in [5.41, 5.74) is 6.59. The minimum absolute atomic E-state index is 0.0322. The lowest BCUT2D eigenvalue weighted by Gasteiger charge is -2.41. The van der Waals surface area contributed by atoms with Crippen molar-refractivity contribution in [3.05, 3.63) is 60.0 Å². The van der Waals surface area contributed by atoms with Crippen molar-refractivity contribution in [3.63, 3.8) is 0 Å². The number of hydrogen-bond donors (Lipinski definition) is 1. The van der Waals surface area contributed by atoms with Gasteiger partial charge in [0.1, 0.15) is 17.5 Å². The average Bonchev–Trinajstić information content (AvgIpc) is 3.21. The lowest BCUT2D eigenvalue weighted by molar-refractivity contribution is 0.493. The Morgan fingerprint density at radius 1 is 1.10 bits per heavy atom. The van der Waals surface area contributed by atoms with Gasteiger partial charge in [0.05, 0.1) is 10.3 Å². The van der Waals surface area contributed by atoms with Gasteiger partial charge in [-0.3, -0.25) is 9.20 Å². The monoisotopic (exact) mass is 444 g/mol. The Morgan fingerprint density at radius 3 is 2.45 bits per heavy atom. The lowest BCUT2D eigenvalue weighted by atomic mass is 9.90. The predicted octanol–water partition coefficient (Wildman–Crippen LogP) is 3.76. The highest BCUT2D eigenvalue weighted by Gasteiger charge is 2.45. The first-order valence-corrected chi connectivity index (χ1v) is 11.4. The third-order valence-corrected chi connectivity index (χ3v) is 8.91. The largest absolute Gasteiger partial charge is 0.423 e. The van der Waals surface area contributed by atoms with Crippen LogP contribution in [0, 0.1) is 11.6 Å². The van der Waals surface area contributed by atoms with Crippen LogP contribution in [-0.2, 0) is 15.1 Å². The third-order valence-electron chi connectivity index (χ3n) is 5.81. The number of benzene rings is 2. The SMILES string of the molecule is C=S1(=O)C[C@@](C)(c2cc(-c3cc(F)cc(-c4nnco4)c3)ccc2F)N=C(N)C1(C)C. The maximum absolute atomic E-state index is 14.9. The van der Waals surface area contributed by atoms with Crippen molar-refractivity contribution >= 4 is 21.2 Å². The second-order valence-electron chi connectivity index (χ2n) is 8.40. The molecule has 1 aromatic heterocycles. The van der Waals surface area contributed by atoms with E-state index in [2.05, 4.69) is 21.1 Å². The van der Waals surface area contributed by atoms with E-state index in [0.29, 0.717) is 16.7 Å². The van der Waals surface area contributed by atoms with E-state index in [1.165, 1.54) is 24.3 Å². The summed E-state index contributed by atoms with van der Waals surface area (Å²) in [6, 6.07) is 8.66. The summed E-state index contributed by atoms with van der Waals surface area (Å²) in [6.07, 6.45) is 1.15. The minimum Gasteiger partial charge on any atom is -0.423 e. The molecule has 1 unspecified atom stereocenters. The van der Waals surface area contributed by atoms with Gasteiger partial charge < -0.3 is 10.2 Å². The fourth-order valence-electron chi connectivity index (χ4n) is 3.69. The first-order chi connectivity index (χ1) is 14.4. The Labute approximate surface area is 179 Å². The van der Waals surface area contributed by atoms with Crippen LogP contribution >= 0.6 is 0 Å². The molecule has 2 heterocycles. The maximum atomic E-state index is 14.9. The van der Waals surface area contributed by atoms with Crippen molar-refractivity contribution < 1.29 is 17.4 Å². The van der Waals surface area contributed by atoms with Crippen LogP contribution in [0.25, 0.3) is 22.6 Å². The van der Waals surface area contributed by atoms with E-state index >= 15 is 0 Å². The third kappa shape index (κ3) is 3.52. The molecule has 31 heavy (non-hydrogen) atoms. The molecule has 162 valence electrons. The topological polar surface area (TPSA) is 94.4 Å². The lowest BCUT2D eigenvalue weighted by Crippen LogP contribution is -2.54. The molecule has 0 spiro atoms. The molecule has 0 aliphatic carbocycles. The van der Waals surface area contributed by atoms with Crippen molar-refractivity contribution in [3.8, 4) is 22.6 Å². The molecule has 0 radical (unpaired) electrons. The van der Waals surface area contributed by atoms with Crippen LogP contribution in [0.5, 0.6) is 0 Å². The minimum atomic E-state index is -2.71. The second kappa shape index (κ2) is 6.98. The number of halogens is 2. The summed E-state index contributed by atoms with van der Waals surface area (Å²) >= 11 is 0. The summed E-state index contributed by atoms with van der Waals surface area (Å²) in [4.78, 5) is 4.53. The van der Waals surface area contributed by atoms with E-state index < -0.39 is 31.4 Å². The Bertz CT molecular complexity index is 1300. The standard InChI is InChI=1S/C22H22F2N4O2S/c1-21(2)20(25)27-22(3,11-31(21,4)29)17-10-13(5-6-18(17)24)14-7-15(9-16(23)8-14)19-28-26-12-30-19/h5-10,12H,4,11H2,1-3H3,(H2,25,27)/t22-,31?/m0/s1. The summed E-state index contributed by atoms with van der Waals surface area (Å²) in [7, 11) is -2.71. The van der Waals surface area contributed by atoms with Crippen LogP contribution in [-0.4, -0.2) is 36.6 Å². The Hall–Kier alpha value is -3.07. The molecule has 4 rings (SSSR count). The van der Waals surface area contributed by atoms with E-state index in [1.807, 2.05) is 0 Å². The summed E-state index contributed by atoms with van der Waals surface area (Å²) in [6.45, 7) is 5.12. The zero-order valence-corrected chi connectivity index (χ0v) is 18.2. The van der Waals surface area contributed by atoms with Crippen LogP contribution in [0.1, 0.15) is 26.3 Å². The van der Waals surface area contributed by atoms with Gasteiger partial charge in [0.25, 0.3) is 0 Å². The van der Waals surface area contributed by atoms with Gasteiger partial charge in [0, 0.05) is 16.9 Å². The highest BCUT2D eigenvalue weighted by Crippen LogP contribution is 2.39. The smallest absolute Gasteiger partial charge is 0.247 e. The van der Waals surface area contributed by atoms with Crippen molar-refractivity contribution in [1.82, 2.24) is 10.2 Å². The zero-order chi connectivity index (χ0) is 22.6. The molecule has 1 aliphatic rings. The molecule has 0 bridgehead atoms. The van der Waals surface area contributed by atoms with Crippen LogP contribution < -0.4 is 5.73 Å². The normalized spacial score (nSPS) is 25.3. The highest BCUT2D eigenvalue weighted by molar-refractivity contribution is 8.02. The molecular weight excluding hydrogens is 422 g/mol. The summed E-state index contributed by atoms with van der Waals surface area (Å²) < 4.78 is 46.8. The molecule has 1 aliphatic heterocycles. The molecule has 2 aromatic carbocycles. The molecule has 2 N–H and O–H groups in total. The molecule has 0 saturated carbocycles. The van der Waals surface area contributed by atoms with E-state index in [9.17, 15) is 13.0 Å². The molecule has 0 fully saturated rings. The van der Waals surface area contributed by atoms with Crippen LogP contribution in [0.4, 0.5) is 8.78 Å². The van der Waals surface area contributed by atoms with Gasteiger partial charge in [-0.1, -0.05) is 6.07 Å². The molecule has 0 amide bonds. The highest BCUT2D eigenvalue weighted by atomic mass is 32.2. The zero-order valence-electron chi connectivity index (χ0n) is 17.4. The number of amidine groups is 1. The number of hydrogen-bond acceptors (Lipinski definition) is 6. The van der Waals surface area contributed by atoms with E-state index in [4.69, 9.17) is 10.2 Å². The van der Waals surface area contributed by atoms with Gasteiger partial charge in [-0.25, -0.2) is 8.78 Å². The Morgan fingerprint density at radius 2 is 1.81 bits per heavy atom. The van der Waals surface area contributed by atoms with Gasteiger partial charge in [-0.15, -0.1) is 10.2 Å². The molecular formula is C22H22F2N4O2S. The van der Waals surface area contributed by atoms with Crippen LogP contribution in [0.3, 0.4) is 0 Å². The maximum Gasteiger partial charge on any atom is 0.247 e. The van der Waals surface area contributed by atoms with Gasteiger partial charge >= 0.3 is 0 Å². The number of nitrogens with zero attached hydrogens (tertiary/aromatic N) is 3. The summed E-state index contributed by atoms with van der Waals surface area (Å²) in [5.74, 6) is 3.22. The van der Waals surface area contributed by atoms with E-state index in [-0.39, 0.29) is 23.0 Å². The van der Waals surface area contributed by atoms with Crippen LogP contribution in [0.15, 0.2) is 52.2 Å². The van der Waals surface area contributed by atoms with Gasteiger partial charge in [0.15, 0.2) is 0 Å². The molecule has 0 saturated heterocycles. The number of aliphatic imine (C=N–C) groups is 1. The molecule has 9 heteroatoms. The molecule has 2 atom stereocenters. The number of rotatable bonds is 3. The van der Waals surface area contributed by atoms with Crippen molar-refractivity contribution in [1.29, 1.82) is 0 Å². The second-order valence-corrected chi connectivity index (χ2v) is 11.3. The number of nitrogens with two attached hydrogens (primary N) is 1. The van der Waals surface area contributed by atoms with E-state index in [1.54, 1.807) is 32.9 Å². The first-order valence-electron chi connectivity index (χ1n) is 9.51. The summed E-state index contributed by atoms with van der Waals surface area (Å²) in [5, 5.41) is 7.41. The van der Waals surface area contributed by atoms with Crippen molar-refractivity contribution in [2.75, 3.05) is 5.75 Å². The van der Waals surface area contributed by atoms with Crippen LogP contribution in [0.2, 0.25) is 0 Å². The average molecular weight is 445 g/mol. The Kier molecular flexibility index (Phi) is 4.77. The van der Waals surface area contributed by atoms with Crippen molar-refractivity contribution in [2.24, 2.45) is 10.7 Å². The van der Waals surface area contributed by atoms with Gasteiger partial charge in [-0.05, 0) is 77.6 Å². The predicted molar refractivity (Wildman–Crippen MR) is 118 cm³/mol. The van der Waals surface area contributed by atoms with Crippen molar-refractivity contribution in [2.45, 2.75) is 31.1 Å². The fourth-order valence-corrected chi connectivity index (χ4v) is 5.61. The molecule has 3 aromatic rings. The first kappa shape index (κ1) is 21.2. The van der Waals surface area contributed by atoms with E-state index in [0.717, 1.165) is 6.39 Å².